The molecule has 4 rings (SSSR count). The molecule has 2 atom stereocenters. The van der Waals surface area contributed by atoms with Gasteiger partial charge in [0.1, 0.15) is 0 Å². The number of anilines is 1. The maximum Gasteiger partial charge on any atom is 0.232 e. The Bertz CT molecular complexity index is 960. The van der Waals surface area contributed by atoms with Gasteiger partial charge in [0.05, 0.1) is 11.7 Å². The molecular weight excluding hydrogens is 374 g/mol. The molecule has 2 unspecified atom stereocenters. The number of benzene rings is 2. The van der Waals surface area contributed by atoms with Crippen LogP contribution in [0.2, 0.25) is 0 Å². The van der Waals surface area contributed by atoms with Crippen LogP contribution in [0.15, 0.2) is 48.7 Å². The lowest BCUT2D eigenvalue weighted by atomic mass is 10.0. The average Bonchev–Trinajstić information content (AvgIpc) is 3.15. The highest BCUT2D eigenvalue weighted by Gasteiger charge is 2.20. The molecule has 1 aliphatic rings. The third-order valence-corrected chi connectivity index (χ3v) is 5.51. The Balaban J connectivity index is 1.35. The minimum Gasteiger partial charge on any atom is -0.381 e. The fourth-order valence-corrected chi connectivity index (χ4v) is 4.12. The summed E-state index contributed by atoms with van der Waals surface area (Å²) >= 11 is -1.98. The number of nitrogens with one attached hydrogen (secondary N) is 3. The predicted molar refractivity (Wildman–Crippen MR) is 112 cm³/mol. The monoisotopic (exact) mass is 399 g/mol. The molecule has 4 N–H and O–H groups in total. The van der Waals surface area contributed by atoms with Crippen molar-refractivity contribution in [3.05, 3.63) is 59.8 Å². The summed E-state index contributed by atoms with van der Waals surface area (Å²) in [5, 5.41) is 11.9. The summed E-state index contributed by atoms with van der Waals surface area (Å²) in [6.07, 6.45) is 4.17. The first-order chi connectivity index (χ1) is 13.7. The van der Waals surface area contributed by atoms with Crippen LogP contribution in [0.4, 0.5) is 5.69 Å². The van der Waals surface area contributed by atoms with Gasteiger partial charge in [-0.05, 0) is 48.7 Å². The summed E-state index contributed by atoms with van der Waals surface area (Å²) in [5.74, 6) is 0. The molecule has 0 bridgehead atoms. The number of nitrogens with zero attached hydrogens (tertiary/aromatic N) is 2. The largest absolute Gasteiger partial charge is 0.381 e. The Morgan fingerprint density at radius 3 is 3.04 bits per heavy atom. The molecule has 1 aromatic heterocycles. The molecule has 1 fully saturated rings. The molecule has 0 spiro atoms. The van der Waals surface area contributed by atoms with E-state index < -0.39 is 11.3 Å². The number of likely N-dealkylation sites (tertiary alicyclic amines) is 1. The minimum absolute atomic E-state index is 0.387. The number of hydrogen-bond donors (Lipinski definition) is 4. The molecule has 2 aromatic carbocycles. The van der Waals surface area contributed by atoms with Crippen molar-refractivity contribution >= 4 is 27.9 Å². The van der Waals surface area contributed by atoms with Gasteiger partial charge in [-0.2, -0.15) is 5.10 Å². The predicted octanol–water partition coefficient (Wildman–Crippen LogP) is 2.87. The molecule has 1 saturated heterocycles. The Kier molecular flexibility index (Phi) is 6.01. The van der Waals surface area contributed by atoms with Crippen molar-refractivity contribution in [2.24, 2.45) is 0 Å². The summed E-state index contributed by atoms with van der Waals surface area (Å²) in [5.41, 5.74) is 4.42. The van der Waals surface area contributed by atoms with Gasteiger partial charge >= 0.3 is 0 Å². The van der Waals surface area contributed by atoms with Gasteiger partial charge in [-0.15, -0.1) is 0 Å². The van der Waals surface area contributed by atoms with Crippen LogP contribution >= 0.6 is 0 Å². The van der Waals surface area contributed by atoms with E-state index in [1.807, 2.05) is 18.3 Å². The zero-order valence-corrected chi connectivity index (χ0v) is 16.4. The van der Waals surface area contributed by atoms with Crippen LogP contribution in [0.5, 0.6) is 0 Å². The normalized spacial score (nSPS) is 19.0. The molecule has 8 heteroatoms. The maximum atomic E-state index is 10.8. The van der Waals surface area contributed by atoms with Gasteiger partial charge in [-0.1, -0.05) is 24.3 Å². The van der Waals surface area contributed by atoms with Crippen molar-refractivity contribution in [1.82, 2.24) is 19.8 Å². The van der Waals surface area contributed by atoms with Gasteiger partial charge in [0.25, 0.3) is 0 Å². The number of aromatic nitrogens is 2. The highest BCUT2D eigenvalue weighted by Crippen LogP contribution is 2.21. The quantitative estimate of drug-likeness (QED) is 0.459. The lowest BCUT2D eigenvalue weighted by molar-refractivity contribution is 0.208. The highest BCUT2D eigenvalue weighted by atomic mass is 32.2. The smallest absolute Gasteiger partial charge is 0.232 e. The van der Waals surface area contributed by atoms with Crippen LogP contribution in [0.1, 0.15) is 24.0 Å². The number of rotatable bonds is 7. The van der Waals surface area contributed by atoms with Crippen molar-refractivity contribution in [1.29, 1.82) is 0 Å². The second kappa shape index (κ2) is 8.83. The number of hydrogen-bond acceptors (Lipinski definition) is 4. The first-order valence-electron chi connectivity index (χ1n) is 9.50. The maximum absolute atomic E-state index is 10.8. The Morgan fingerprint density at radius 2 is 2.14 bits per heavy atom. The van der Waals surface area contributed by atoms with Gasteiger partial charge < -0.3 is 5.32 Å². The number of piperidine rings is 1. The van der Waals surface area contributed by atoms with E-state index >= 15 is 0 Å². The van der Waals surface area contributed by atoms with Gasteiger partial charge in [0, 0.05) is 36.7 Å². The summed E-state index contributed by atoms with van der Waals surface area (Å²) in [6.45, 7) is 3.35. The van der Waals surface area contributed by atoms with E-state index in [-0.39, 0.29) is 0 Å². The molecule has 7 nitrogen and oxygen atoms in total. The molecule has 0 saturated carbocycles. The molecule has 28 heavy (non-hydrogen) atoms. The lowest BCUT2D eigenvalue weighted by Crippen LogP contribution is -2.41. The summed E-state index contributed by atoms with van der Waals surface area (Å²) in [7, 11) is 0. The van der Waals surface area contributed by atoms with Crippen LogP contribution in [-0.4, -0.2) is 43.0 Å². The molecule has 0 aliphatic carbocycles. The number of H-pyrrole nitrogens is 1. The second-order valence-electron chi connectivity index (χ2n) is 7.28. The second-order valence-corrected chi connectivity index (χ2v) is 8.07. The van der Waals surface area contributed by atoms with Gasteiger partial charge in [0.15, 0.2) is 0 Å². The third-order valence-electron chi connectivity index (χ3n) is 5.11. The Labute approximate surface area is 166 Å². The Hall–Kier alpha value is -2.26. The van der Waals surface area contributed by atoms with E-state index in [1.54, 1.807) is 0 Å². The summed E-state index contributed by atoms with van der Waals surface area (Å²) < 4.78 is 22.2. The average molecular weight is 400 g/mol. The van der Waals surface area contributed by atoms with Crippen LogP contribution in [0.3, 0.4) is 0 Å². The topological polar surface area (TPSA) is 93.3 Å². The first-order valence-corrected chi connectivity index (χ1v) is 10.6. The SMILES string of the molecule is O=S(O)NCc1cccc(CN2CCCC(Nc3ccc4[nH]ncc4c3)C2)c1. The molecule has 3 aromatic rings. The van der Waals surface area contributed by atoms with Gasteiger partial charge in [0.2, 0.25) is 11.3 Å². The van der Waals surface area contributed by atoms with Crippen LogP contribution in [0, 0.1) is 0 Å². The fraction of sp³-hybridized carbons (Fsp3) is 0.350. The standard InChI is InChI=1S/C20H25N5O2S/c26-28(27)22-11-15-3-1-4-16(9-15)13-25-8-2-5-19(14-25)23-18-6-7-20-17(10-18)12-21-24-20/h1,3-4,6-7,9-10,12,19,22-23H,2,5,8,11,13-14H2,(H,21,24)(H,26,27). The zero-order chi connectivity index (χ0) is 19.3. The minimum atomic E-state index is -1.98. The third kappa shape index (κ3) is 4.96. The van der Waals surface area contributed by atoms with Crippen LogP contribution in [0.25, 0.3) is 10.9 Å². The molecule has 0 amide bonds. The molecule has 148 valence electrons. The zero-order valence-electron chi connectivity index (χ0n) is 15.6. The van der Waals surface area contributed by atoms with E-state index in [0.29, 0.717) is 12.6 Å². The molecule has 0 radical (unpaired) electrons. The summed E-state index contributed by atoms with van der Waals surface area (Å²) in [6, 6.07) is 14.9. The van der Waals surface area contributed by atoms with Crippen molar-refractivity contribution in [2.75, 3.05) is 18.4 Å². The van der Waals surface area contributed by atoms with E-state index in [2.05, 4.69) is 55.5 Å². The van der Waals surface area contributed by atoms with E-state index in [9.17, 15) is 4.21 Å². The van der Waals surface area contributed by atoms with E-state index in [1.165, 1.54) is 5.56 Å². The van der Waals surface area contributed by atoms with Gasteiger partial charge in [-0.25, -0.2) is 8.93 Å². The number of aromatic amines is 1. The lowest BCUT2D eigenvalue weighted by Gasteiger charge is -2.33. The molecule has 1 aliphatic heterocycles. The van der Waals surface area contributed by atoms with Crippen molar-refractivity contribution in [3.63, 3.8) is 0 Å². The first kappa shape index (κ1) is 19.1. The van der Waals surface area contributed by atoms with Crippen LogP contribution < -0.4 is 10.0 Å². The van der Waals surface area contributed by atoms with Gasteiger partial charge in [-0.3, -0.25) is 14.6 Å². The molecule has 2 heterocycles. The highest BCUT2D eigenvalue weighted by molar-refractivity contribution is 7.77. The van der Waals surface area contributed by atoms with Crippen molar-refractivity contribution in [2.45, 2.75) is 32.0 Å². The summed E-state index contributed by atoms with van der Waals surface area (Å²) in [4.78, 5) is 2.47. The van der Waals surface area contributed by atoms with E-state index in [0.717, 1.165) is 54.6 Å². The molecular formula is C20H25N5O2S. The van der Waals surface area contributed by atoms with Crippen molar-refractivity contribution < 1.29 is 8.76 Å². The van der Waals surface area contributed by atoms with Crippen LogP contribution in [-0.2, 0) is 24.4 Å². The van der Waals surface area contributed by atoms with Crippen molar-refractivity contribution in [3.8, 4) is 0 Å². The Morgan fingerprint density at radius 1 is 1.25 bits per heavy atom. The van der Waals surface area contributed by atoms with E-state index in [4.69, 9.17) is 4.55 Å². The fourth-order valence-electron chi connectivity index (χ4n) is 3.83. The number of fused-ring (bicyclic) bond motifs is 1.